The van der Waals surface area contributed by atoms with Crippen LogP contribution in [0.25, 0.3) is 0 Å². The molecular formula is C21H30O6. The summed E-state index contributed by atoms with van der Waals surface area (Å²) in [6.07, 6.45) is 2.22. The molecule has 0 saturated heterocycles. The molecule has 0 spiro atoms. The lowest BCUT2D eigenvalue weighted by molar-refractivity contribution is -0.145. The third kappa shape index (κ3) is 4.61. The number of carbonyl (C=O) groups is 2. The number of carbonyl (C=O) groups excluding carboxylic acids is 1. The largest absolute Gasteiger partial charge is 0.508 e. The van der Waals surface area contributed by atoms with Gasteiger partial charge in [0.2, 0.25) is 0 Å². The van der Waals surface area contributed by atoms with Gasteiger partial charge in [-0.3, -0.25) is 4.79 Å². The first-order valence-corrected chi connectivity index (χ1v) is 9.53. The van der Waals surface area contributed by atoms with E-state index in [9.17, 15) is 24.9 Å². The molecule has 1 aliphatic carbocycles. The van der Waals surface area contributed by atoms with Gasteiger partial charge in [-0.15, -0.1) is 0 Å². The average Bonchev–Trinajstić information content (AvgIpc) is 2.59. The molecule has 0 radical (unpaired) electrons. The minimum absolute atomic E-state index is 0.0131. The van der Waals surface area contributed by atoms with E-state index in [1.165, 1.54) is 13.2 Å². The van der Waals surface area contributed by atoms with Gasteiger partial charge in [0, 0.05) is 11.5 Å². The second-order valence-corrected chi connectivity index (χ2v) is 7.87. The number of methoxy groups -OCH3 is 1. The number of hydrogen-bond donors (Lipinski definition) is 3. The number of esters is 1. The van der Waals surface area contributed by atoms with Crippen LogP contribution in [0.1, 0.15) is 79.8 Å². The Morgan fingerprint density at radius 3 is 2.52 bits per heavy atom. The number of aliphatic hydroxyl groups excluding tert-OH is 1. The molecule has 0 aliphatic heterocycles. The van der Waals surface area contributed by atoms with Gasteiger partial charge in [-0.2, -0.15) is 0 Å². The Labute approximate surface area is 160 Å². The summed E-state index contributed by atoms with van der Waals surface area (Å²) < 4.78 is 4.75. The van der Waals surface area contributed by atoms with Crippen LogP contribution in [0, 0.1) is 11.8 Å². The molecule has 1 aromatic carbocycles. The van der Waals surface area contributed by atoms with Crippen molar-refractivity contribution in [2.75, 3.05) is 7.11 Å². The Hall–Kier alpha value is -2.08. The summed E-state index contributed by atoms with van der Waals surface area (Å²) in [5, 5.41) is 30.4. The van der Waals surface area contributed by atoms with Gasteiger partial charge >= 0.3 is 11.9 Å². The van der Waals surface area contributed by atoms with Crippen LogP contribution in [0.5, 0.6) is 5.75 Å². The van der Waals surface area contributed by atoms with Crippen LogP contribution >= 0.6 is 0 Å². The number of fused-ring (bicyclic) bond motifs is 1. The second kappa shape index (κ2) is 8.74. The number of aliphatic hydroxyl groups is 1. The molecule has 27 heavy (non-hydrogen) atoms. The Morgan fingerprint density at radius 1 is 1.26 bits per heavy atom. The SMILES string of the molecule is COC(=O)C(C)CCC[C@H](C)[C@H]1c2cc(C(=O)O)cc(O)c2[C@H](C)C[C@H]1O. The molecule has 150 valence electrons. The van der Waals surface area contributed by atoms with Crippen molar-refractivity contribution in [2.45, 2.75) is 64.4 Å². The summed E-state index contributed by atoms with van der Waals surface area (Å²) >= 11 is 0. The lowest BCUT2D eigenvalue weighted by Gasteiger charge is -2.38. The first kappa shape index (κ1) is 21.2. The van der Waals surface area contributed by atoms with Gasteiger partial charge in [0.25, 0.3) is 0 Å². The van der Waals surface area contributed by atoms with Gasteiger partial charge in [-0.25, -0.2) is 4.79 Å². The number of phenols is 1. The van der Waals surface area contributed by atoms with E-state index in [-0.39, 0.29) is 41.0 Å². The molecule has 0 amide bonds. The normalized spacial score (nSPS) is 24.0. The number of ether oxygens (including phenoxy) is 1. The van der Waals surface area contributed by atoms with Crippen LogP contribution in [-0.4, -0.2) is 40.5 Å². The van der Waals surface area contributed by atoms with Crippen LogP contribution in [0.4, 0.5) is 0 Å². The monoisotopic (exact) mass is 378 g/mol. The van der Waals surface area contributed by atoms with Gasteiger partial charge < -0.3 is 20.1 Å². The van der Waals surface area contributed by atoms with Gasteiger partial charge in [0.1, 0.15) is 5.75 Å². The number of rotatable bonds is 7. The van der Waals surface area contributed by atoms with Crippen molar-refractivity contribution in [3.05, 3.63) is 28.8 Å². The van der Waals surface area contributed by atoms with Crippen molar-refractivity contribution in [1.82, 2.24) is 0 Å². The summed E-state index contributed by atoms with van der Waals surface area (Å²) in [6, 6.07) is 2.88. The Balaban J connectivity index is 2.22. The zero-order valence-electron chi connectivity index (χ0n) is 16.4. The number of carboxylic acids is 1. The highest BCUT2D eigenvalue weighted by molar-refractivity contribution is 5.88. The van der Waals surface area contributed by atoms with Gasteiger partial charge in [-0.1, -0.05) is 33.6 Å². The molecule has 1 aromatic rings. The Kier molecular flexibility index (Phi) is 6.87. The number of carboxylic acid groups (broad SMARTS) is 1. The quantitative estimate of drug-likeness (QED) is 0.626. The lowest BCUT2D eigenvalue weighted by Crippen LogP contribution is -2.32. The van der Waals surface area contributed by atoms with Crippen LogP contribution < -0.4 is 0 Å². The molecule has 1 aliphatic rings. The van der Waals surface area contributed by atoms with E-state index in [4.69, 9.17) is 4.74 Å². The molecule has 6 heteroatoms. The van der Waals surface area contributed by atoms with Crippen LogP contribution in [0.2, 0.25) is 0 Å². The number of phenolic OH excluding ortho intramolecular Hbond substituents is 1. The van der Waals surface area contributed by atoms with Crippen LogP contribution in [0.3, 0.4) is 0 Å². The maximum Gasteiger partial charge on any atom is 0.335 e. The molecule has 1 unspecified atom stereocenters. The summed E-state index contributed by atoms with van der Waals surface area (Å²) in [5.41, 5.74) is 1.50. The average molecular weight is 378 g/mol. The molecule has 5 atom stereocenters. The van der Waals surface area contributed by atoms with E-state index < -0.39 is 12.1 Å². The van der Waals surface area contributed by atoms with Crippen LogP contribution in [0.15, 0.2) is 12.1 Å². The van der Waals surface area contributed by atoms with E-state index in [1.54, 1.807) is 6.07 Å². The van der Waals surface area contributed by atoms with E-state index in [0.717, 1.165) is 24.0 Å². The number of aromatic hydroxyl groups is 1. The van der Waals surface area contributed by atoms with Gasteiger partial charge in [-0.05, 0) is 42.4 Å². The maximum absolute atomic E-state index is 11.5. The smallest absolute Gasteiger partial charge is 0.335 e. The van der Waals surface area contributed by atoms with Crippen molar-refractivity contribution in [3.63, 3.8) is 0 Å². The number of benzene rings is 1. The minimum atomic E-state index is -1.10. The molecule has 0 fully saturated rings. The van der Waals surface area contributed by atoms with Crippen molar-refractivity contribution in [3.8, 4) is 5.75 Å². The molecular weight excluding hydrogens is 348 g/mol. The minimum Gasteiger partial charge on any atom is -0.508 e. The fraction of sp³-hybridized carbons (Fsp3) is 0.619. The van der Waals surface area contributed by atoms with Crippen molar-refractivity contribution < 1.29 is 29.6 Å². The van der Waals surface area contributed by atoms with E-state index in [0.29, 0.717) is 12.8 Å². The maximum atomic E-state index is 11.5. The van der Waals surface area contributed by atoms with Crippen LogP contribution in [-0.2, 0) is 9.53 Å². The number of aromatic carboxylic acids is 1. The van der Waals surface area contributed by atoms with Crippen molar-refractivity contribution in [1.29, 1.82) is 0 Å². The summed E-state index contributed by atoms with van der Waals surface area (Å²) in [6.45, 7) is 5.79. The summed E-state index contributed by atoms with van der Waals surface area (Å²) in [7, 11) is 1.38. The van der Waals surface area contributed by atoms with E-state index in [2.05, 4.69) is 0 Å². The zero-order valence-corrected chi connectivity index (χ0v) is 16.4. The fourth-order valence-electron chi connectivity index (χ4n) is 4.36. The third-order valence-corrected chi connectivity index (χ3v) is 5.81. The molecule has 3 N–H and O–H groups in total. The molecule has 2 rings (SSSR count). The van der Waals surface area contributed by atoms with Crippen molar-refractivity contribution in [2.24, 2.45) is 11.8 Å². The number of hydrogen-bond acceptors (Lipinski definition) is 5. The predicted molar refractivity (Wildman–Crippen MR) is 101 cm³/mol. The van der Waals surface area contributed by atoms with Gasteiger partial charge in [0.05, 0.1) is 24.7 Å². The molecule has 0 heterocycles. The predicted octanol–water partition coefficient (Wildman–Crippen LogP) is 3.66. The fourth-order valence-corrected chi connectivity index (χ4v) is 4.36. The third-order valence-electron chi connectivity index (χ3n) is 5.81. The first-order chi connectivity index (χ1) is 12.7. The summed E-state index contributed by atoms with van der Waals surface area (Å²) in [5.74, 6) is -1.71. The van der Waals surface area contributed by atoms with E-state index >= 15 is 0 Å². The standard InChI is InChI=1S/C21H30O6/c1-11(6-5-7-12(2)21(26)27-4)18-15-9-14(20(24)25)10-17(23)19(15)13(3)8-16(18)22/h9-13,16,18,22-23H,5-8H2,1-4H3,(H,24,25)/t11-,12?,13+,16+,18-/m0/s1. The zero-order chi connectivity index (χ0) is 20.3. The Bertz CT molecular complexity index is 698. The molecule has 0 saturated carbocycles. The highest BCUT2D eigenvalue weighted by atomic mass is 16.5. The van der Waals surface area contributed by atoms with Crippen molar-refractivity contribution >= 4 is 11.9 Å². The highest BCUT2D eigenvalue weighted by Gasteiger charge is 2.37. The second-order valence-electron chi connectivity index (χ2n) is 7.87. The van der Waals surface area contributed by atoms with E-state index in [1.807, 2.05) is 20.8 Å². The molecule has 0 bridgehead atoms. The summed E-state index contributed by atoms with van der Waals surface area (Å²) in [4.78, 5) is 22.9. The first-order valence-electron chi connectivity index (χ1n) is 9.53. The van der Waals surface area contributed by atoms with Gasteiger partial charge in [0.15, 0.2) is 0 Å². The molecule has 6 nitrogen and oxygen atoms in total. The highest BCUT2D eigenvalue weighted by Crippen LogP contribution is 2.47. The molecule has 0 aromatic heterocycles. The topological polar surface area (TPSA) is 104 Å². The Morgan fingerprint density at radius 2 is 1.93 bits per heavy atom. The lowest BCUT2D eigenvalue weighted by atomic mass is 9.69.